The Kier molecular flexibility index (Phi) is 6.89. The summed E-state index contributed by atoms with van der Waals surface area (Å²) < 4.78 is 0. The van der Waals surface area contributed by atoms with Crippen LogP contribution in [0.3, 0.4) is 0 Å². The van der Waals surface area contributed by atoms with E-state index in [1.807, 2.05) is 67.6 Å². The summed E-state index contributed by atoms with van der Waals surface area (Å²) in [5.41, 5.74) is 4.15. The molecule has 1 unspecified atom stereocenters. The van der Waals surface area contributed by atoms with Gasteiger partial charge in [0.1, 0.15) is 5.82 Å². The van der Waals surface area contributed by atoms with Crippen LogP contribution < -0.4 is 15.1 Å². The number of fused-ring (bicyclic) bond motifs is 1. The Balaban J connectivity index is 1.38. The zero-order valence-corrected chi connectivity index (χ0v) is 21.8. The molecule has 2 aliphatic heterocycles. The number of hydrogen-bond acceptors (Lipinski definition) is 5. The molecule has 0 saturated carbocycles. The monoisotopic (exact) mass is 518 g/mol. The highest BCUT2D eigenvalue weighted by Gasteiger charge is 2.32. The summed E-state index contributed by atoms with van der Waals surface area (Å²) in [5.74, 6) is 0.789. The molecule has 0 bridgehead atoms. The van der Waals surface area contributed by atoms with Crippen molar-refractivity contribution in [1.82, 2.24) is 15.2 Å². The average Bonchev–Trinajstić information content (AvgIpc) is 2.99. The molecule has 1 fully saturated rings. The molecule has 0 aliphatic carbocycles. The van der Waals surface area contributed by atoms with Gasteiger partial charge in [0.25, 0.3) is 5.91 Å². The Bertz CT molecular complexity index is 1320. The molecule has 0 radical (unpaired) electrons. The second-order valence-electron chi connectivity index (χ2n) is 8.87. The predicted molar refractivity (Wildman–Crippen MR) is 149 cm³/mol. The fourth-order valence-electron chi connectivity index (χ4n) is 4.52. The number of thiocarbonyl (C=S) groups is 1. The molecule has 7 nitrogen and oxygen atoms in total. The van der Waals surface area contributed by atoms with Crippen molar-refractivity contribution in [1.29, 1.82) is 0 Å². The molecule has 1 saturated heterocycles. The Morgan fingerprint density at radius 2 is 1.78 bits per heavy atom. The first-order valence-corrected chi connectivity index (χ1v) is 12.6. The lowest BCUT2D eigenvalue weighted by Crippen LogP contribution is -2.55. The molecule has 0 spiro atoms. The molecule has 2 aromatic carbocycles. The minimum Gasteiger partial charge on any atom is -0.353 e. The van der Waals surface area contributed by atoms with Gasteiger partial charge in [0, 0.05) is 55.1 Å². The highest BCUT2D eigenvalue weighted by molar-refractivity contribution is 7.80. The van der Waals surface area contributed by atoms with Crippen LogP contribution in [0.15, 0.2) is 71.7 Å². The van der Waals surface area contributed by atoms with Crippen LogP contribution in [-0.4, -0.2) is 66.0 Å². The molecule has 5 rings (SSSR count). The van der Waals surface area contributed by atoms with Crippen LogP contribution in [0.1, 0.15) is 16.8 Å². The lowest BCUT2D eigenvalue weighted by atomic mass is 10.0. The van der Waals surface area contributed by atoms with Crippen LogP contribution in [-0.2, 0) is 4.79 Å². The van der Waals surface area contributed by atoms with E-state index >= 15 is 0 Å². The SMILES string of the molecule is Cc1cccc(N2CCN(C(=S)NC3N=C(c4ccccc4)c4cc(Cl)ccc4N(C)C3=O)CC2)n1. The van der Waals surface area contributed by atoms with Crippen molar-refractivity contribution >= 4 is 52.1 Å². The number of aryl methyl sites for hydroxylation is 1. The summed E-state index contributed by atoms with van der Waals surface area (Å²) in [7, 11) is 1.75. The topological polar surface area (TPSA) is 64.1 Å². The van der Waals surface area contributed by atoms with Gasteiger partial charge in [-0.1, -0.05) is 48.0 Å². The Morgan fingerprint density at radius 3 is 2.50 bits per heavy atom. The van der Waals surface area contributed by atoms with E-state index < -0.39 is 6.17 Å². The van der Waals surface area contributed by atoms with E-state index in [0.29, 0.717) is 15.8 Å². The van der Waals surface area contributed by atoms with Gasteiger partial charge < -0.3 is 20.0 Å². The number of carbonyl (C=O) groups excluding carboxylic acids is 1. The molecule has 36 heavy (non-hydrogen) atoms. The number of nitrogens with one attached hydrogen (secondary N) is 1. The summed E-state index contributed by atoms with van der Waals surface area (Å²) in [5, 5.41) is 4.33. The van der Waals surface area contributed by atoms with E-state index in [1.54, 1.807) is 18.0 Å². The third-order valence-corrected chi connectivity index (χ3v) is 7.08. The van der Waals surface area contributed by atoms with E-state index in [4.69, 9.17) is 28.8 Å². The largest absolute Gasteiger partial charge is 0.353 e. The van der Waals surface area contributed by atoms with Crippen molar-refractivity contribution < 1.29 is 4.79 Å². The van der Waals surface area contributed by atoms with Crippen molar-refractivity contribution in [2.75, 3.05) is 43.0 Å². The minimum atomic E-state index is -0.861. The summed E-state index contributed by atoms with van der Waals surface area (Å²) in [6.45, 7) is 5.03. The van der Waals surface area contributed by atoms with Gasteiger partial charge in [-0.25, -0.2) is 9.98 Å². The second-order valence-corrected chi connectivity index (χ2v) is 9.69. The van der Waals surface area contributed by atoms with Crippen molar-refractivity contribution in [3.63, 3.8) is 0 Å². The van der Waals surface area contributed by atoms with E-state index in [2.05, 4.69) is 20.1 Å². The molecule has 184 valence electrons. The van der Waals surface area contributed by atoms with Gasteiger partial charge in [-0.05, 0) is 49.5 Å². The smallest absolute Gasteiger partial charge is 0.272 e. The fourth-order valence-corrected chi connectivity index (χ4v) is 4.98. The number of carbonyl (C=O) groups is 1. The summed E-state index contributed by atoms with van der Waals surface area (Å²) in [6.07, 6.45) is -0.861. The predicted octanol–water partition coefficient (Wildman–Crippen LogP) is 3.88. The van der Waals surface area contributed by atoms with Gasteiger partial charge in [0.05, 0.1) is 11.4 Å². The van der Waals surface area contributed by atoms with Crippen LogP contribution in [0.5, 0.6) is 0 Å². The average molecular weight is 519 g/mol. The maximum atomic E-state index is 13.5. The summed E-state index contributed by atoms with van der Waals surface area (Å²) in [4.78, 5) is 29.0. The molecule has 1 atom stereocenters. The molecule has 9 heteroatoms. The van der Waals surface area contributed by atoms with Gasteiger partial charge in [-0.15, -0.1) is 0 Å². The van der Waals surface area contributed by atoms with E-state index in [0.717, 1.165) is 54.5 Å². The molecule has 3 aromatic rings. The quantitative estimate of drug-likeness (QED) is 0.531. The van der Waals surface area contributed by atoms with Gasteiger partial charge in [0.2, 0.25) is 6.17 Å². The molecule has 2 aliphatic rings. The van der Waals surface area contributed by atoms with Crippen molar-refractivity contribution in [3.05, 3.63) is 88.6 Å². The Hall–Kier alpha value is -3.49. The number of benzodiazepines with no additional fused rings is 1. The number of aromatic nitrogens is 1. The number of anilines is 2. The minimum absolute atomic E-state index is 0.186. The number of benzene rings is 2. The number of halogens is 1. The second kappa shape index (κ2) is 10.2. The van der Waals surface area contributed by atoms with Crippen LogP contribution in [0.25, 0.3) is 0 Å². The van der Waals surface area contributed by atoms with E-state index in [9.17, 15) is 4.79 Å². The Labute approximate surface area is 221 Å². The van der Waals surface area contributed by atoms with Crippen molar-refractivity contribution in [3.8, 4) is 0 Å². The van der Waals surface area contributed by atoms with E-state index in [-0.39, 0.29) is 5.91 Å². The molecular formula is C27H27ClN6OS. The van der Waals surface area contributed by atoms with Crippen molar-refractivity contribution in [2.24, 2.45) is 4.99 Å². The third-order valence-electron chi connectivity index (χ3n) is 6.47. The lowest BCUT2D eigenvalue weighted by molar-refractivity contribution is -0.119. The normalized spacial score (nSPS) is 17.9. The first kappa shape index (κ1) is 24.2. The van der Waals surface area contributed by atoms with E-state index in [1.165, 1.54) is 0 Å². The molecule has 1 aromatic heterocycles. The molecule has 1 amide bonds. The number of rotatable bonds is 3. The third kappa shape index (κ3) is 4.92. The number of hydrogen-bond donors (Lipinski definition) is 1. The number of likely N-dealkylation sites (N-methyl/N-ethyl adjacent to an activating group) is 1. The van der Waals surface area contributed by atoms with Crippen molar-refractivity contribution in [2.45, 2.75) is 13.1 Å². The maximum absolute atomic E-state index is 13.5. The summed E-state index contributed by atoms with van der Waals surface area (Å²) in [6, 6.07) is 21.4. The highest BCUT2D eigenvalue weighted by atomic mass is 35.5. The zero-order chi connectivity index (χ0) is 25.2. The standard InChI is InChI=1S/C27H27ClN6OS/c1-18-7-6-10-23(29-18)33-13-15-34(16-14-33)27(36)31-25-26(35)32(2)22-12-11-20(28)17-21(22)24(30-25)19-8-4-3-5-9-19/h3-12,17,25H,13-16H2,1-2H3,(H,31,36). The van der Waals surface area contributed by atoms with Crippen LogP contribution in [0.2, 0.25) is 5.02 Å². The lowest BCUT2D eigenvalue weighted by Gasteiger charge is -2.37. The number of amides is 1. The van der Waals surface area contributed by atoms with Crippen LogP contribution in [0.4, 0.5) is 11.5 Å². The highest BCUT2D eigenvalue weighted by Crippen LogP contribution is 2.30. The molecule has 1 N–H and O–H groups in total. The van der Waals surface area contributed by atoms with Gasteiger partial charge in [-0.3, -0.25) is 4.79 Å². The Morgan fingerprint density at radius 1 is 1.03 bits per heavy atom. The number of pyridine rings is 1. The zero-order valence-electron chi connectivity index (χ0n) is 20.2. The first-order chi connectivity index (χ1) is 17.4. The molecule has 3 heterocycles. The summed E-state index contributed by atoms with van der Waals surface area (Å²) >= 11 is 12.1. The fraction of sp³-hybridized carbons (Fsp3) is 0.259. The number of aliphatic imine (C=N–C) groups is 1. The number of piperazine rings is 1. The van der Waals surface area contributed by atoms with Gasteiger partial charge in [0.15, 0.2) is 5.11 Å². The number of nitrogens with zero attached hydrogens (tertiary/aromatic N) is 5. The van der Waals surface area contributed by atoms with Gasteiger partial charge >= 0.3 is 0 Å². The maximum Gasteiger partial charge on any atom is 0.272 e. The first-order valence-electron chi connectivity index (χ1n) is 11.9. The van der Waals surface area contributed by atoms with Crippen LogP contribution >= 0.6 is 23.8 Å². The molecular weight excluding hydrogens is 492 g/mol. The van der Waals surface area contributed by atoms with Gasteiger partial charge in [-0.2, -0.15) is 0 Å². The van der Waals surface area contributed by atoms with Crippen LogP contribution in [0, 0.1) is 6.92 Å².